The molecule has 16 heavy (non-hydrogen) atoms. The largest absolute Gasteiger partial charge is 1.00 e. The molecular formula is C12H12INO2. The zero-order chi connectivity index (χ0) is 10.8. The number of benzene rings is 1. The molecule has 0 atom stereocenters. The lowest BCUT2D eigenvalue weighted by atomic mass is 10.1. The molecule has 0 fully saturated rings. The molecule has 84 valence electrons. The molecule has 0 aliphatic carbocycles. The number of hydrogen-bond donors (Lipinski definition) is 2. The maximum atomic E-state index is 9.36. The van der Waals surface area contributed by atoms with Crippen LogP contribution in [0.2, 0.25) is 0 Å². The minimum absolute atomic E-state index is 0. The van der Waals surface area contributed by atoms with Gasteiger partial charge in [-0.1, -0.05) is 6.07 Å². The first-order chi connectivity index (χ1) is 7.16. The highest BCUT2D eigenvalue weighted by Gasteiger charge is 2.03. The average Bonchev–Trinajstić information content (AvgIpc) is 2.23. The standard InChI is InChI=1S/C12H11NO2.HI/c1-13-6-4-9(5-7-13)10-2-3-11(14)12(15)8-10;/h2-8,15H,1H3;1H. The molecule has 0 spiro atoms. The van der Waals surface area contributed by atoms with Crippen molar-refractivity contribution in [2.24, 2.45) is 7.05 Å². The van der Waals surface area contributed by atoms with Crippen LogP contribution in [0.4, 0.5) is 0 Å². The van der Waals surface area contributed by atoms with Crippen LogP contribution < -0.4 is 28.5 Å². The van der Waals surface area contributed by atoms with E-state index >= 15 is 0 Å². The highest BCUT2D eigenvalue weighted by atomic mass is 127. The second kappa shape index (κ2) is 5.16. The predicted molar refractivity (Wildman–Crippen MR) is 56.4 cm³/mol. The Balaban J connectivity index is 0.00000128. The van der Waals surface area contributed by atoms with Gasteiger partial charge in [-0.2, -0.15) is 0 Å². The fourth-order valence-electron chi connectivity index (χ4n) is 1.40. The maximum Gasteiger partial charge on any atom is 0.169 e. The molecule has 0 amide bonds. The third-order valence-electron chi connectivity index (χ3n) is 2.29. The molecule has 4 heteroatoms. The number of pyridine rings is 1. The fourth-order valence-corrected chi connectivity index (χ4v) is 1.40. The Morgan fingerprint density at radius 3 is 2.06 bits per heavy atom. The lowest BCUT2D eigenvalue weighted by Gasteiger charge is -2.02. The van der Waals surface area contributed by atoms with Crippen molar-refractivity contribution < 1.29 is 38.8 Å². The summed E-state index contributed by atoms with van der Waals surface area (Å²) in [6.07, 6.45) is 3.86. The van der Waals surface area contributed by atoms with Gasteiger partial charge in [0.2, 0.25) is 0 Å². The fraction of sp³-hybridized carbons (Fsp3) is 0.0833. The molecule has 1 heterocycles. The molecule has 0 saturated carbocycles. The van der Waals surface area contributed by atoms with Gasteiger partial charge in [0.25, 0.3) is 0 Å². The second-order valence-corrected chi connectivity index (χ2v) is 3.46. The van der Waals surface area contributed by atoms with Crippen LogP contribution in [0.1, 0.15) is 0 Å². The Morgan fingerprint density at radius 1 is 0.875 bits per heavy atom. The van der Waals surface area contributed by atoms with Gasteiger partial charge in [0.15, 0.2) is 23.9 Å². The molecule has 1 aromatic heterocycles. The highest BCUT2D eigenvalue weighted by Crippen LogP contribution is 2.29. The van der Waals surface area contributed by atoms with E-state index < -0.39 is 0 Å². The van der Waals surface area contributed by atoms with E-state index in [1.165, 1.54) is 6.07 Å². The van der Waals surface area contributed by atoms with Gasteiger partial charge in [0.05, 0.1) is 0 Å². The van der Waals surface area contributed by atoms with Crippen LogP contribution in [0, 0.1) is 0 Å². The van der Waals surface area contributed by atoms with E-state index in [9.17, 15) is 10.2 Å². The number of nitrogens with zero attached hydrogens (tertiary/aromatic N) is 1. The SMILES string of the molecule is C[n+]1ccc(-c2ccc(O)c(O)c2)cc1.[I-]. The van der Waals surface area contributed by atoms with Crippen LogP contribution >= 0.6 is 0 Å². The lowest BCUT2D eigenvalue weighted by Crippen LogP contribution is -3.00. The molecule has 0 aliphatic rings. The molecule has 2 N–H and O–H groups in total. The van der Waals surface area contributed by atoms with Gasteiger partial charge >= 0.3 is 0 Å². The van der Waals surface area contributed by atoms with Crippen molar-refractivity contribution in [3.8, 4) is 22.6 Å². The van der Waals surface area contributed by atoms with Crippen molar-refractivity contribution in [2.75, 3.05) is 0 Å². The molecule has 0 aliphatic heterocycles. The van der Waals surface area contributed by atoms with Crippen molar-refractivity contribution in [1.29, 1.82) is 0 Å². The van der Waals surface area contributed by atoms with E-state index in [2.05, 4.69) is 0 Å². The first-order valence-corrected chi connectivity index (χ1v) is 4.64. The zero-order valence-electron chi connectivity index (χ0n) is 8.76. The topological polar surface area (TPSA) is 44.3 Å². The third kappa shape index (κ3) is 2.63. The summed E-state index contributed by atoms with van der Waals surface area (Å²) in [5.41, 5.74) is 1.88. The minimum atomic E-state index is -0.0970. The number of aromatic nitrogens is 1. The summed E-state index contributed by atoms with van der Waals surface area (Å²) in [6, 6.07) is 8.70. The van der Waals surface area contributed by atoms with Gasteiger partial charge in [-0.05, 0) is 23.3 Å². The van der Waals surface area contributed by atoms with Gasteiger partial charge in [0.1, 0.15) is 7.05 Å². The number of rotatable bonds is 1. The minimum Gasteiger partial charge on any atom is -1.00 e. The van der Waals surface area contributed by atoms with Gasteiger partial charge in [-0.15, -0.1) is 0 Å². The molecule has 3 nitrogen and oxygen atoms in total. The predicted octanol–water partition coefficient (Wildman–Crippen LogP) is -1.41. The van der Waals surface area contributed by atoms with E-state index in [1.807, 2.05) is 36.1 Å². The average molecular weight is 329 g/mol. The Hall–Kier alpha value is -1.30. The van der Waals surface area contributed by atoms with Gasteiger partial charge in [-0.3, -0.25) is 0 Å². The van der Waals surface area contributed by atoms with Crippen molar-refractivity contribution in [1.82, 2.24) is 0 Å². The van der Waals surface area contributed by atoms with Crippen LogP contribution in [-0.2, 0) is 7.05 Å². The van der Waals surface area contributed by atoms with Crippen LogP contribution in [0.5, 0.6) is 11.5 Å². The van der Waals surface area contributed by atoms with E-state index in [0.29, 0.717) is 0 Å². The Labute approximate surface area is 111 Å². The Bertz CT molecular complexity index is 483. The summed E-state index contributed by atoms with van der Waals surface area (Å²) in [5.74, 6) is -0.194. The quantitative estimate of drug-likeness (QED) is 0.384. The van der Waals surface area contributed by atoms with Crippen molar-refractivity contribution in [3.05, 3.63) is 42.7 Å². The van der Waals surface area contributed by atoms with Crippen LogP contribution in [0.15, 0.2) is 42.7 Å². The van der Waals surface area contributed by atoms with E-state index in [0.717, 1.165) is 11.1 Å². The second-order valence-electron chi connectivity index (χ2n) is 3.46. The van der Waals surface area contributed by atoms with Crippen LogP contribution in [0.3, 0.4) is 0 Å². The number of phenolic OH excluding ortho intramolecular Hbond substituents is 2. The third-order valence-corrected chi connectivity index (χ3v) is 2.29. The molecule has 0 unspecified atom stereocenters. The molecule has 2 rings (SSSR count). The van der Waals surface area contributed by atoms with Crippen molar-refractivity contribution in [2.45, 2.75) is 0 Å². The summed E-state index contributed by atoms with van der Waals surface area (Å²) in [7, 11) is 1.94. The summed E-state index contributed by atoms with van der Waals surface area (Å²) in [4.78, 5) is 0. The van der Waals surface area contributed by atoms with Crippen molar-refractivity contribution in [3.63, 3.8) is 0 Å². The molecule has 0 saturated heterocycles. The number of aromatic hydroxyl groups is 2. The molecule has 0 bridgehead atoms. The summed E-state index contributed by atoms with van der Waals surface area (Å²) < 4.78 is 1.93. The molecule has 2 aromatic rings. The molecule has 1 aromatic carbocycles. The highest BCUT2D eigenvalue weighted by molar-refractivity contribution is 5.65. The van der Waals surface area contributed by atoms with Crippen LogP contribution in [0.25, 0.3) is 11.1 Å². The van der Waals surface area contributed by atoms with E-state index in [1.54, 1.807) is 12.1 Å². The number of halogens is 1. The number of phenols is 2. The van der Waals surface area contributed by atoms with Gasteiger partial charge in [0, 0.05) is 12.1 Å². The van der Waals surface area contributed by atoms with Gasteiger partial charge in [-0.25, -0.2) is 4.57 Å². The van der Waals surface area contributed by atoms with E-state index in [4.69, 9.17) is 0 Å². The van der Waals surface area contributed by atoms with Gasteiger partial charge < -0.3 is 34.2 Å². The molecule has 0 radical (unpaired) electrons. The summed E-state index contributed by atoms with van der Waals surface area (Å²) >= 11 is 0. The lowest BCUT2D eigenvalue weighted by molar-refractivity contribution is -0.671. The number of hydrogen-bond acceptors (Lipinski definition) is 2. The Kier molecular flexibility index (Phi) is 4.12. The number of aryl methyl sites for hydroxylation is 1. The zero-order valence-corrected chi connectivity index (χ0v) is 10.9. The Morgan fingerprint density at radius 2 is 1.50 bits per heavy atom. The smallest absolute Gasteiger partial charge is 0.169 e. The normalized spacial score (nSPS) is 9.56. The van der Waals surface area contributed by atoms with Crippen molar-refractivity contribution >= 4 is 0 Å². The first kappa shape index (κ1) is 12.8. The summed E-state index contributed by atoms with van der Waals surface area (Å²) in [5, 5.41) is 18.5. The molecular weight excluding hydrogens is 317 g/mol. The first-order valence-electron chi connectivity index (χ1n) is 4.64. The summed E-state index contributed by atoms with van der Waals surface area (Å²) in [6.45, 7) is 0. The monoisotopic (exact) mass is 329 g/mol. The van der Waals surface area contributed by atoms with E-state index in [-0.39, 0.29) is 35.5 Å². The van der Waals surface area contributed by atoms with Crippen LogP contribution in [-0.4, -0.2) is 10.2 Å². The maximum absolute atomic E-state index is 9.36.